The Labute approximate surface area is 131 Å². The Hall–Kier alpha value is -1.06. The molecule has 0 saturated heterocycles. The van der Waals surface area contributed by atoms with Crippen molar-refractivity contribution >= 4 is 23.2 Å². The molecule has 2 aliphatic rings. The summed E-state index contributed by atoms with van der Waals surface area (Å²) < 4.78 is 0. The zero-order valence-electron chi connectivity index (χ0n) is 12.4. The molecule has 2 saturated carbocycles. The monoisotopic (exact) mass is 306 g/mol. The van der Waals surface area contributed by atoms with Gasteiger partial charge in [-0.3, -0.25) is 4.79 Å². The minimum absolute atomic E-state index is 0.0958. The quantitative estimate of drug-likeness (QED) is 0.874. The van der Waals surface area contributed by atoms with Crippen molar-refractivity contribution in [1.82, 2.24) is 0 Å². The first-order chi connectivity index (χ1) is 10.0. The van der Waals surface area contributed by atoms with Crippen LogP contribution in [0, 0.1) is 24.7 Å². The molecule has 1 amide bonds. The Morgan fingerprint density at radius 1 is 1.29 bits per heavy atom. The van der Waals surface area contributed by atoms with Crippen molar-refractivity contribution in [3.8, 4) is 0 Å². The molecule has 3 nitrogen and oxygen atoms in total. The molecule has 3 N–H and O–H groups in total. The van der Waals surface area contributed by atoms with Gasteiger partial charge in [0.15, 0.2) is 0 Å². The van der Waals surface area contributed by atoms with Crippen LogP contribution in [0.3, 0.4) is 0 Å². The van der Waals surface area contributed by atoms with E-state index in [4.69, 9.17) is 17.3 Å². The summed E-state index contributed by atoms with van der Waals surface area (Å²) in [6, 6.07) is 5.90. The lowest BCUT2D eigenvalue weighted by molar-refractivity contribution is -0.122. The zero-order valence-corrected chi connectivity index (χ0v) is 13.2. The topological polar surface area (TPSA) is 55.1 Å². The van der Waals surface area contributed by atoms with Crippen molar-refractivity contribution < 1.29 is 4.79 Å². The van der Waals surface area contributed by atoms with E-state index in [2.05, 4.69) is 5.32 Å². The van der Waals surface area contributed by atoms with E-state index in [0.29, 0.717) is 22.9 Å². The minimum atomic E-state index is 0.0958. The maximum Gasteiger partial charge on any atom is 0.227 e. The first kappa shape index (κ1) is 14.9. The summed E-state index contributed by atoms with van der Waals surface area (Å²) in [5.41, 5.74) is 8.16. The summed E-state index contributed by atoms with van der Waals surface area (Å²) in [6.45, 7) is 1.98. The van der Waals surface area contributed by atoms with Crippen LogP contribution >= 0.6 is 11.6 Å². The molecule has 2 aliphatic carbocycles. The number of hydrogen-bond acceptors (Lipinski definition) is 2. The Kier molecular flexibility index (Phi) is 4.23. The molecule has 0 spiro atoms. The molecule has 2 unspecified atom stereocenters. The fourth-order valence-corrected chi connectivity index (χ4v) is 4.14. The van der Waals surface area contributed by atoms with E-state index in [-0.39, 0.29) is 11.8 Å². The van der Waals surface area contributed by atoms with E-state index in [1.165, 1.54) is 19.3 Å². The number of benzene rings is 1. The highest BCUT2D eigenvalue weighted by Gasteiger charge is 2.40. The van der Waals surface area contributed by atoms with Gasteiger partial charge < -0.3 is 11.1 Å². The third-order valence-electron chi connectivity index (χ3n) is 5.24. The average molecular weight is 307 g/mol. The van der Waals surface area contributed by atoms with E-state index < -0.39 is 0 Å². The molecule has 2 bridgehead atoms. The molecular weight excluding hydrogens is 284 g/mol. The van der Waals surface area contributed by atoms with Gasteiger partial charge in [-0.25, -0.2) is 0 Å². The van der Waals surface area contributed by atoms with Crippen LogP contribution in [0.5, 0.6) is 0 Å². The molecule has 0 heterocycles. The number of nitrogens with one attached hydrogen (secondary N) is 1. The molecule has 114 valence electrons. The van der Waals surface area contributed by atoms with Crippen LogP contribution in [-0.4, -0.2) is 11.9 Å². The van der Waals surface area contributed by atoms with Gasteiger partial charge in [0.05, 0.1) is 0 Å². The van der Waals surface area contributed by atoms with Crippen LogP contribution in [0.15, 0.2) is 18.2 Å². The molecule has 0 radical (unpaired) electrons. The van der Waals surface area contributed by atoms with Crippen LogP contribution < -0.4 is 11.1 Å². The van der Waals surface area contributed by atoms with E-state index in [1.807, 2.05) is 25.1 Å². The van der Waals surface area contributed by atoms with Crippen molar-refractivity contribution in [2.24, 2.45) is 23.5 Å². The van der Waals surface area contributed by atoms with E-state index >= 15 is 0 Å². The van der Waals surface area contributed by atoms with Crippen molar-refractivity contribution in [2.75, 3.05) is 5.32 Å². The number of rotatable bonds is 2. The van der Waals surface area contributed by atoms with Gasteiger partial charge in [0, 0.05) is 22.7 Å². The standard InChI is InChI=1S/C17H23ClN2O/c1-10-5-6-14(18)9-15(10)20-17(21)13-7-11-3-2-4-12(8-13)16(11)19/h5-6,9,11-13,16H,2-4,7-8,19H2,1H3,(H,20,21). The van der Waals surface area contributed by atoms with Gasteiger partial charge in [-0.2, -0.15) is 0 Å². The van der Waals surface area contributed by atoms with Crippen LogP contribution in [0.1, 0.15) is 37.7 Å². The van der Waals surface area contributed by atoms with Crippen LogP contribution in [0.2, 0.25) is 5.02 Å². The van der Waals surface area contributed by atoms with Gasteiger partial charge in [0.1, 0.15) is 0 Å². The fraction of sp³-hybridized carbons (Fsp3) is 0.588. The second-order valence-electron chi connectivity index (χ2n) is 6.65. The first-order valence-electron chi connectivity index (χ1n) is 7.87. The lowest BCUT2D eigenvalue weighted by Crippen LogP contribution is -2.48. The van der Waals surface area contributed by atoms with Crippen molar-refractivity contribution in [3.63, 3.8) is 0 Å². The van der Waals surface area contributed by atoms with Gasteiger partial charge in [-0.05, 0) is 62.1 Å². The Morgan fingerprint density at radius 2 is 1.95 bits per heavy atom. The maximum atomic E-state index is 12.6. The highest BCUT2D eigenvalue weighted by atomic mass is 35.5. The van der Waals surface area contributed by atoms with Gasteiger partial charge in [-0.15, -0.1) is 0 Å². The normalized spacial score (nSPS) is 31.8. The molecule has 21 heavy (non-hydrogen) atoms. The summed E-state index contributed by atoms with van der Waals surface area (Å²) in [7, 11) is 0. The van der Waals surface area contributed by atoms with E-state index in [9.17, 15) is 4.79 Å². The number of carbonyl (C=O) groups is 1. The van der Waals surface area contributed by atoms with Crippen LogP contribution in [-0.2, 0) is 4.79 Å². The van der Waals surface area contributed by atoms with Crippen molar-refractivity contribution in [3.05, 3.63) is 28.8 Å². The van der Waals surface area contributed by atoms with Crippen LogP contribution in [0.25, 0.3) is 0 Å². The fourth-order valence-electron chi connectivity index (χ4n) is 3.97. The number of fused-ring (bicyclic) bond motifs is 2. The summed E-state index contributed by atoms with van der Waals surface area (Å²) in [5.74, 6) is 1.27. The zero-order chi connectivity index (χ0) is 15.0. The molecule has 4 heteroatoms. The average Bonchev–Trinajstić information content (AvgIpc) is 2.42. The largest absolute Gasteiger partial charge is 0.327 e. The van der Waals surface area contributed by atoms with Crippen molar-refractivity contribution in [2.45, 2.75) is 45.1 Å². The number of aryl methyl sites for hydroxylation is 1. The number of hydrogen-bond donors (Lipinski definition) is 2. The smallest absolute Gasteiger partial charge is 0.227 e. The van der Waals surface area contributed by atoms with Gasteiger partial charge in [0.2, 0.25) is 5.91 Å². The van der Waals surface area contributed by atoms with Gasteiger partial charge in [-0.1, -0.05) is 24.1 Å². The Balaban J connectivity index is 1.70. The summed E-state index contributed by atoms with van der Waals surface area (Å²) in [5, 5.41) is 3.71. The van der Waals surface area contributed by atoms with E-state index in [0.717, 1.165) is 24.1 Å². The summed E-state index contributed by atoms with van der Waals surface area (Å²) in [4.78, 5) is 12.6. The molecule has 3 rings (SSSR count). The third-order valence-corrected chi connectivity index (χ3v) is 5.48. The molecule has 0 aliphatic heterocycles. The van der Waals surface area contributed by atoms with E-state index in [1.54, 1.807) is 0 Å². The lowest BCUT2D eigenvalue weighted by Gasteiger charge is -2.43. The number of halogens is 1. The van der Waals surface area contributed by atoms with Gasteiger partial charge >= 0.3 is 0 Å². The van der Waals surface area contributed by atoms with Crippen LogP contribution in [0.4, 0.5) is 5.69 Å². The highest BCUT2D eigenvalue weighted by molar-refractivity contribution is 6.31. The second-order valence-corrected chi connectivity index (χ2v) is 7.08. The molecule has 0 aromatic heterocycles. The Morgan fingerprint density at radius 3 is 2.62 bits per heavy atom. The molecule has 2 atom stereocenters. The SMILES string of the molecule is Cc1ccc(Cl)cc1NC(=O)C1CC2CCCC(C1)C2N. The van der Waals surface area contributed by atoms with Crippen molar-refractivity contribution in [1.29, 1.82) is 0 Å². The highest BCUT2D eigenvalue weighted by Crippen LogP contribution is 2.42. The predicted molar refractivity (Wildman–Crippen MR) is 86.3 cm³/mol. The molecule has 2 fully saturated rings. The molecule has 1 aromatic carbocycles. The number of nitrogens with two attached hydrogens (primary N) is 1. The molecule has 1 aromatic rings. The predicted octanol–water partition coefficient (Wildman–Crippen LogP) is 3.74. The second kappa shape index (κ2) is 5.98. The maximum absolute atomic E-state index is 12.6. The first-order valence-corrected chi connectivity index (χ1v) is 8.25. The summed E-state index contributed by atoms with van der Waals surface area (Å²) in [6.07, 6.45) is 5.49. The minimum Gasteiger partial charge on any atom is -0.327 e. The lowest BCUT2D eigenvalue weighted by atomic mass is 9.65. The number of anilines is 1. The summed E-state index contributed by atoms with van der Waals surface area (Å²) >= 11 is 6.02. The number of carbonyl (C=O) groups excluding carboxylic acids is 1. The molecular formula is C17H23ClN2O. The number of amides is 1. The van der Waals surface area contributed by atoms with Gasteiger partial charge in [0.25, 0.3) is 0 Å². The third kappa shape index (κ3) is 3.09. The Bertz CT molecular complexity index is 532.